The first-order chi connectivity index (χ1) is 13.4. The van der Waals surface area contributed by atoms with Crippen LogP contribution in [-0.4, -0.2) is 60.2 Å². The van der Waals surface area contributed by atoms with Crippen LogP contribution in [0.4, 0.5) is 4.79 Å². The van der Waals surface area contributed by atoms with E-state index in [0.29, 0.717) is 36.1 Å². The Bertz CT molecular complexity index is 836. The predicted octanol–water partition coefficient (Wildman–Crippen LogP) is 3.36. The van der Waals surface area contributed by atoms with Gasteiger partial charge in [-0.05, 0) is 77.9 Å². The van der Waals surface area contributed by atoms with Gasteiger partial charge in [0.1, 0.15) is 6.54 Å². The second-order valence-corrected chi connectivity index (χ2v) is 8.48. The summed E-state index contributed by atoms with van der Waals surface area (Å²) in [6, 6.07) is 3.62. The van der Waals surface area contributed by atoms with Crippen molar-refractivity contribution >= 4 is 57.5 Å². The molecule has 0 spiro atoms. The summed E-state index contributed by atoms with van der Waals surface area (Å²) in [6.45, 7) is 3.58. The van der Waals surface area contributed by atoms with Crippen LogP contribution in [-0.2, 0) is 9.59 Å². The highest BCUT2D eigenvalue weighted by molar-refractivity contribution is 14.1. The van der Waals surface area contributed by atoms with Crippen LogP contribution in [0.2, 0.25) is 0 Å². The standard InChI is InChI=1S/C19H21IN2O5S/c1-3-27-17-13(20)8-12(9-14(17)26-2)10-15-18(24)22(19(25)28-15)11-16(23)21-6-4-5-7-21/h8-10H,3-7,11H2,1-2H3/b15-10-. The summed E-state index contributed by atoms with van der Waals surface area (Å²) in [5.41, 5.74) is 0.723. The molecule has 0 radical (unpaired) electrons. The number of rotatable bonds is 6. The summed E-state index contributed by atoms with van der Waals surface area (Å²) < 4.78 is 11.8. The molecule has 0 atom stereocenters. The molecule has 150 valence electrons. The van der Waals surface area contributed by atoms with Gasteiger partial charge in [-0.3, -0.25) is 19.3 Å². The molecule has 0 saturated carbocycles. The molecule has 2 aliphatic heterocycles. The van der Waals surface area contributed by atoms with Crippen molar-refractivity contribution in [1.82, 2.24) is 9.80 Å². The summed E-state index contributed by atoms with van der Waals surface area (Å²) in [5.74, 6) is 0.583. The molecule has 2 saturated heterocycles. The van der Waals surface area contributed by atoms with Crippen LogP contribution in [0.1, 0.15) is 25.3 Å². The van der Waals surface area contributed by atoms with Gasteiger partial charge in [0.15, 0.2) is 11.5 Å². The highest BCUT2D eigenvalue weighted by atomic mass is 127. The van der Waals surface area contributed by atoms with Crippen molar-refractivity contribution < 1.29 is 23.9 Å². The van der Waals surface area contributed by atoms with Crippen molar-refractivity contribution in [3.8, 4) is 11.5 Å². The number of hydrogen-bond acceptors (Lipinski definition) is 6. The van der Waals surface area contributed by atoms with Gasteiger partial charge in [-0.15, -0.1) is 0 Å². The predicted molar refractivity (Wildman–Crippen MR) is 115 cm³/mol. The van der Waals surface area contributed by atoms with Crippen LogP contribution in [0.25, 0.3) is 6.08 Å². The number of imide groups is 1. The van der Waals surface area contributed by atoms with Crippen LogP contribution in [0, 0.1) is 3.57 Å². The Kier molecular flexibility index (Phi) is 6.86. The zero-order chi connectivity index (χ0) is 20.3. The number of hydrogen-bond donors (Lipinski definition) is 0. The lowest BCUT2D eigenvalue weighted by Gasteiger charge is -2.18. The highest BCUT2D eigenvalue weighted by Gasteiger charge is 2.37. The Hall–Kier alpha value is -1.75. The van der Waals surface area contributed by atoms with Crippen molar-refractivity contribution in [3.05, 3.63) is 26.2 Å². The minimum Gasteiger partial charge on any atom is -0.493 e. The monoisotopic (exact) mass is 516 g/mol. The first-order valence-electron chi connectivity index (χ1n) is 8.98. The third-order valence-electron chi connectivity index (χ3n) is 4.46. The van der Waals surface area contributed by atoms with Crippen LogP contribution in [0.15, 0.2) is 17.0 Å². The third-order valence-corrected chi connectivity index (χ3v) is 6.17. The number of nitrogens with zero attached hydrogens (tertiary/aromatic N) is 2. The number of amides is 3. The molecule has 3 rings (SSSR count). The summed E-state index contributed by atoms with van der Waals surface area (Å²) in [4.78, 5) is 40.3. The maximum Gasteiger partial charge on any atom is 0.294 e. The van der Waals surface area contributed by atoms with E-state index in [4.69, 9.17) is 9.47 Å². The van der Waals surface area contributed by atoms with Gasteiger partial charge in [0.2, 0.25) is 5.91 Å². The van der Waals surface area contributed by atoms with E-state index in [1.54, 1.807) is 24.2 Å². The van der Waals surface area contributed by atoms with Gasteiger partial charge in [-0.25, -0.2) is 0 Å². The first-order valence-corrected chi connectivity index (χ1v) is 10.9. The zero-order valence-electron chi connectivity index (χ0n) is 15.7. The van der Waals surface area contributed by atoms with E-state index in [-0.39, 0.29) is 12.5 Å². The molecule has 0 bridgehead atoms. The smallest absolute Gasteiger partial charge is 0.294 e. The molecule has 0 aromatic heterocycles. The third kappa shape index (κ3) is 4.45. The van der Waals surface area contributed by atoms with Gasteiger partial charge in [-0.2, -0.15) is 0 Å². The maximum absolute atomic E-state index is 12.7. The number of carbonyl (C=O) groups excluding carboxylic acids is 3. The molecule has 7 nitrogen and oxygen atoms in total. The van der Waals surface area contributed by atoms with Crippen molar-refractivity contribution in [2.24, 2.45) is 0 Å². The summed E-state index contributed by atoms with van der Waals surface area (Å²) in [6.07, 6.45) is 3.57. The number of benzene rings is 1. The molecule has 2 fully saturated rings. The van der Waals surface area contributed by atoms with E-state index >= 15 is 0 Å². The van der Waals surface area contributed by atoms with Crippen LogP contribution >= 0.6 is 34.4 Å². The summed E-state index contributed by atoms with van der Waals surface area (Å²) in [5, 5.41) is -0.420. The molecule has 0 N–H and O–H groups in total. The fourth-order valence-electron chi connectivity index (χ4n) is 3.10. The fraction of sp³-hybridized carbons (Fsp3) is 0.421. The normalized spacial score (nSPS) is 18.3. The second-order valence-electron chi connectivity index (χ2n) is 6.32. The molecule has 1 aromatic carbocycles. The Morgan fingerprint density at radius 3 is 2.64 bits per heavy atom. The number of likely N-dealkylation sites (tertiary alicyclic amines) is 1. The number of halogens is 1. The molecule has 1 aromatic rings. The van der Waals surface area contributed by atoms with Gasteiger partial charge < -0.3 is 14.4 Å². The van der Waals surface area contributed by atoms with Gasteiger partial charge >= 0.3 is 0 Å². The summed E-state index contributed by atoms with van der Waals surface area (Å²) >= 11 is 2.99. The minimum absolute atomic E-state index is 0.182. The molecule has 9 heteroatoms. The Morgan fingerprint density at radius 2 is 2.00 bits per heavy atom. The number of carbonyl (C=O) groups is 3. The van der Waals surface area contributed by atoms with E-state index in [9.17, 15) is 14.4 Å². The lowest BCUT2D eigenvalue weighted by Crippen LogP contribution is -2.40. The fourth-order valence-corrected chi connectivity index (χ4v) is 4.72. The van der Waals surface area contributed by atoms with E-state index in [2.05, 4.69) is 22.6 Å². The van der Waals surface area contributed by atoms with Crippen LogP contribution in [0.3, 0.4) is 0 Å². The Morgan fingerprint density at radius 1 is 1.29 bits per heavy atom. The average molecular weight is 516 g/mol. The highest BCUT2D eigenvalue weighted by Crippen LogP contribution is 2.37. The van der Waals surface area contributed by atoms with E-state index < -0.39 is 11.1 Å². The van der Waals surface area contributed by atoms with E-state index in [1.165, 1.54) is 0 Å². The SMILES string of the molecule is CCOc1c(I)cc(/C=C2\SC(=O)N(CC(=O)N3CCCC3)C2=O)cc1OC. The van der Waals surface area contributed by atoms with Gasteiger partial charge in [0.25, 0.3) is 11.1 Å². The minimum atomic E-state index is -0.439. The van der Waals surface area contributed by atoms with E-state index in [1.807, 2.05) is 13.0 Å². The second kappa shape index (κ2) is 9.17. The number of methoxy groups -OCH3 is 1. The maximum atomic E-state index is 12.7. The molecule has 2 aliphatic rings. The van der Waals surface area contributed by atoms with Gasteiger partial charge in [-0.1, -0.05) is 0 Å². The van der Waals surface area contributed by atoms with Crippen LogP contribution in [0.5, 0.6) is 11.5 Å². The zero-order valence-corrected chi connectivity index (χ0v) is 18.7. The molecule has 3 amide bonds. The number of thioether (sulfide) groups is 1. The first kappa shape index (κ1) is 21.0. The quantitative estimate of drug-likeness (QED) is 0.427. The van der Waals surface area contributed by atoms with Crippen molar-refractivity contribution in [2.45, 2.75) is 19.8 Å². The summed E-state index contributed by atoms with van der Waals surface area (Å²) in [7, 11) is 1.55. The van der Waals surface area contributed by atoms with Crippen molar-refractivity contribution in [3.63, 3.8) is 0 Å². The van der Waals surface area contributed by atoms with Crippen molar-refractivity contribution in [1.29, 1.82) is 0 Å². The van der Waals surface area contributed by atoms with Crippen molar-refractivity contribution in [2.75, 3.05) is 33.4 Å². The Balaban J connectivity index is 1.79. The van der Waals surface area contributed by atoms with E-state index in [0.717, 1.165) is 38.6 Å². The largest absolute Gasteiger partial charge is 0.493 e. The average Bonchev–Trinajstić information content (AvgIpc) is 3.29. The lowest BCUT2D eigenvalue weighted by molar-refractivity contribution is -0.135. The molecule has 0 unspecified atom stereocenters. The lowest BCUT2D eigenvalue weighted by atomic mass is 10.2. The Labute approximate surface area is 181 Å². The molecule has 2 heterocycles. The molecular weight excluding hydrogens is 495 g/mol. The molecule has 0 aliphatic carbocycles. The van der Waals surface area contributed by atoms with Gasteiger partial charge in [0.05, 0.1) is 22.2 Å². The van der Waals surface area contributed by atoms with Crippen LogP contribution < -0.4 is 9.47 Å². The topological polar surface area (TPSA) is 76.2 Å². The molecular formula is C19H21IN2O5S. The molecule has 28 heavy (non-hydrogen) atoms. The number of ether oxygens (including phenoxy) is 2. The van der Waals surface area contributed by atoms with Gasteiger partial charge in [0, 0.05) is 13.1 Å².